The van der Waals surface area contributed by atoms with Gasteiger partial charge >= 0.3 is 0 Å². The predicted octanol–water partition coefficient (Wildman–Crippen LogP) is 2.94. The highest BCUT2D eigenvalue weighted by atomic mass is 79.9. The van der Waals surface area contributed by atoms with Crippen LogP contribution in [0.3, 0.4) is 0 Å². The van der Waals surface area contributed by atoms with E-state index < -0.39 is 0 Å². The molecule has 1 aliphatic carbocycles. The van der Waals surface area contributed by atoms with Crippen LogP contribution in [0, 0.1) is 0 Å². The molecule has 0 amide bonds. The molecule has 2 heterocycles. The Balaban J connectivity index is 1.84. The minimum absolute atomic E-state index is 0.663. The topological polar surface area (TPSA) is 42.7 Å². The van der Waals surface area contributed by atoms with Crippen LogP contribution >= 0.6 is 27.5 Å². The normalized spacial score (nSPS) is 15.0. The van der Waals surface area contributed by atoms with E-state index in [1.165, 1.54) is 12.8 Å². The van der Waals surface area contributed by atoms with Crippen LogP contribution in [0.5, 0.6) is 0 Å². The number of rotatable bonds is 4. The average molecular weight is 328 g/mol. The molecule has 4 nitrogen and oxygen atoms in total. The first-order valence-corrected chi connectivity index (χ1v) is 6.98. The molecule has 0 bridgehead atoms. The van der Waals surface area contributed by atoms with Crippen LogP contribution < -0.4 is 5.32 Å². The minimum atomic E-state index is 0.663. The van der Waals surface area contributed by atoms with E-state index in [1.807, 2.05) is 12.3 Å². The number of hydrogen-bond donors (Lipinski definition) is 1. The Morgan fingerprint density at radius 2 is 2.28 bits per heavy atom. The summed E-state index contributed by atoms with van der Waals surface area (Å²) in [6.07, 6.45) is 7.81. The summed E-state index contributed by atoms with van der Waals surface area (Å²) < 4.78 is 2.65. The van der Waals surface area contributed by atoms with Crippen LogP contribution in [0.25, 0.3) is 5.82 Å². The summed E-state index contributed by atoms with van der Waals surface area (Å²) in [5.41, 5.74) is 1.06. The Bertz CT molecular complexity index is 565. The van der Waals surface area contributed by atoms with Crippen molar-refractivity contribution in [1.29, 1.82) is 0 Å². The maximum atomic E-state index is 6.15. The first-order valence-electron chi connectivity index (χ1n) is 5.81. The highest BCUT2D eigenvalue weighted by Crippen LogP contribution is 2.22. The molecule has 0 radical (unpaired) electrons. The van der Waals surface area contributed by atoms with Gasteiger partial charge in [0.15, 0.2) is 5.82 Å². The van der Waals surface area contributed by atoms with E-state index in [0.717, 1.165) is 22.4 Å². The third kappa shape index (κ3) is 2.74. The van der Waals surface area contributed by atoms with Gasteiger partial charge in [0, 0.05) is 25.0 Å². The van der Waals surface area contributed by atoms with Crippen molar-refractivity contribution in [2.45, 2.75) is 25.4 Å². The molecule has 1 fully saturated rings. The lowest BCUT2D eigenvalue weighted by Crippen LogP contribution is -2.16. The van der Waals surface area contributed by atoms with Crippen molar-refractivity contribution in [3.05, 3.63) is 39.7 Å². The molecule has 94 valence electrons. The predicted molar refractivity (Wildman–Crippen MR) is 73.9 cm³/mol. The smallest absolute Gasteiger partial charge is 0.153 e. The van der Waals surface area contributed by atoms with Crippen LogP contribution in [0.2, 0.25) is 5.02 Å². The summed E-state index contributed by atoms with van der Waals surface area (Å²) in [6.45, 7) is 0.779. The van der Waals surface area contributed by atoms with E-state index in [2.05, 4.69) is 31.3 Å². The van der Waals surface area contributed by atoms with Crippen LogP contribution in [0.1, 0.15) is 18.4 Å². The van der Waals surface area contributed by atoms with Crippen molar-refractivity contribution < 1.29 is 0 Å². The second-order valence-electron chi connectivity index (χ2n) is 4.39. The van der Waals surface area contributed by atoms with E-state index in [9.17, 15) is 0 Å². The van der Waals surface area contributed by atoms with Gasteiger partial charge < -0.3 is 5.32 Å². The molecule has 1 aliphatic rings. The van der Waals surface area contributed by atoms with E-state index >= 15 is 0 Å². The lowest BCUT2D eigenvalue weighted by atomic mass is 10.2. The molecule has 0 saturated heterocycles. The Morgan fingerprint density at radius 3 is 2.94 bits per heavy atom. The molecule has 1 N–H and O–H groups in total. The molecule has 0 aromatic carbocycles. The zero-order valence-electron chi connectivity index (χ0n) is 9.61. The molecule has 0 spiro atoms. The third-order valence-corrected chi connectivity index (χ3v) is 3.61. The number of aromatic nitrogens is 3. The summed E-state index contributed by atoms with van der Waals surface area (Å²) in [4.78, 5) is 4.29. The maximum absolute atomic E-state index is 6.15. The standard InChI is InChI=1S/C12H12BrClN4/c13-9-5-17-18(7-9)12-3-8(11(14)6-16-12)4-15-10-1-2-10/h3,5-7,10,15H,1-2,4H2. The monoisotopic (exact) mass is 326 g/mol. The van der Waals surface area contributed by atoms with E-state index in [1.54, 1.807) is 17.1 Å². The summed E-state index contributed by atoms with van der Waals surface area (Å²) in [5.74, 6) is 0.776. The summed E-state index contributed by atoms with van der Waals surface area (Å²) in [7, 11) is 0. The van der Waals surface area contributed by atoms with Gasteiger partial charge in [-0.1, -0.05) is 11.6 Å². The molecule has 18 heavy (non-hydrogen) atoms. The molecule has 0 unspecified atom stereocenters. The van der Waals surface area contributed by atoms with Crippen molar-refractivity contribution in [3.8, 4) is 5.82 Å². The number of halogens is 2. The van der Waals surface area contributed by atoms with Gasteiger partial charge in [-0.05, 0) is 40.4 Å². The molecular formula is C12H12BrClN4. The molecule has 0 aliphatic heterocycles. The summed E-state index contributed by atoms with van der Waals surface area (Å²) >= 11 is 9.52. The molecule has 6 heteroatoms. The van der Waals surface area contributed by atoms with Gasteiger partial charge in [0.25, 0.3) is 0 Å². The van der Waals surface area contributed by atoms with Crippen LogP contribution in [-0.4, -0.2) is 20.8 Å². The van der Waals surface area contributed by atoms with Crippen LogP contribution in [-0.2, 0) is 6.54 Å². The number of hydrogen-bond acceptors (Lipinski definition) is 3. The number of nitrogens with one attached hydrogen (secondary N) is 1. The molecule has 2 aromatic heterocycles. The molecule has 0 atom stereocenters. The molecular weight excluding hydrogens is 316 g/mol. The van der Waals surface area contributed by atoms with Gasteiger partial charge in [-0.15, -0.1) is 0 Å². The van der Waals surface area contributed by atoms with Gasteiger partial charge in [0.1, 0.15) is 0 Å². The highest BCUT2D eigenvalue weighted by molar-refractivity contribution is 9.10. The zero-order chi connectivity index (χ0) is 12.5. The van der Waals surface area contributed by atoms with Gasteiger partial charge in [0.2, 0.25) is 0 Å². The minimum Gasteiger partial charge on any atom is -0.310 e. The first-order chi connectivity index (χ1) is 8.72. The first kappa shape index (κ1) is 12.1. The van der Waals surface area contributed by atoms with E-state index in [0.29, 0.717) is 11.1 Å². The quantitative estimate of drug-likeness (QED) is 0.939. The lowest BCUT2D eigenvalue weighted by molar-refractivity contribution is 0.685. The summed E-state index contributed by atoms with van der Waals surface area (Å²) in [5, 5.41) is 8.35. The van der Waals surface area contributed by atoms with E-state index in [-0.39, 0.29) is 0 Å². The molecule has 1 saturated carbocycles. The van der Waals surface area contributed by atoms with Gasteiger partial charge in [-0.25, -0.2) is 9.67 Å². The number of nitrogens with zero attached hydrogens (tertiary/aromatic N) is 3. The van der Waals surface area contributed by atoms with Crippen molar-refractivity contribution >= 4 is 27.5 Å². The highest BCUT2D eigenvalue weighted by Gasteiger charge is 2.20. The average Bonchev–Trinajstić information content (AvgIpc) is 3.09. The Morgan fingerprint density at radius 1 is 1.44 bits per heavy atom. The fourth-order valence-electron chi connectivity index (χ4n) is 1.70. The van der Waals surface area contributed by atoms with Crippen molar-refractivity contribution in [1.82, 2.24) is 20.1 Å². The van der Waals surface area contributed by atoms with Gasteiger partial charge in [0.05, 0.1) is 15.7 Å². The van der Waals surface area contributed by atoms with Crippen molar-refractivity contribution in [2.24, 2.45) is 0 Å². The van der Waals surface area contributed by atoms with Crippen LogP contribution in [0.15, 0.2) is 29.1 Å². The summed E-state index contributed by atoms with van der Waals surface area (Å²) in [6, 6.07) is 2.63. The van der Waals surface area contributed by atoms with Crippen molar-refractivity contribution in [3.63, 3.8) is 0 Å². The van der Waals surface area contributed by atoms with E-state index in [4.69, 9.17) is 11.6 Å². The Labute approximate surface area is 118 Å². The largest absolute Gasteiger partial charge is 0.310 e. The van der Waals surface area contributed by atoms with Gasteiger partial charge in [-0.3, -0.25) is 0 Å². The second kappa shape index (κ2) is 4.99. The maximum Gasteiger partial charge on any atom is 0.153 e. The van der Waals surface area contributed by atoms with Gasteiger partial charge in [-0.2, -0.15) is 5.10 Å². The second-order valence-corrected chi connectivity index (χ2v) is 5.72. The molecule has 2 aromatic rings. The Hall–Kier alpha value is -0.910. The van der Waals surface area contributed by atoms with Crippen molar-refractivity contribution in [2.75, 3.05) is 0 Å². The third-order valence-electron chi connectivity index (χ3n) is 2.86. The fourth-order valence-corrected chi connectivity index (χ4v) is 2.15. The number of pyridine rings is 1. The lowest BCUT2D eigenvalue weighted by Gasteiger charge is -2.07. The SMILES string of the molecule is Clc1cnc(-n2cc(Br)cn2)cc1CNC1CC1. The fraction of sp³-hybridized carbons (Fsp3) is 0.333. The molecule has 3 rings (SSSR count). The van der Waals surface area contributed by atoms with Crippen LogP contribution in [0.4, 0.5) is 0 Å². The zero-order valence-corrected chi connectivity index (χ0v) is 11.9. The Kier molecular flexibility index (Phi) is 3.37.